The summed E-state index contributed by atoms with van der Waals surface area (Å²) < 4.78 is 0. The molecule has 0 radical (unpaired) electrons. The van der Waals surface area contributed by atoms with Crippen molar-refractivity contribution < 1.29 is 4.79 Å². The molecule has 0 fully saturated rings. The molecule has 1 amide bonds. The SMILES string of the molecule is O=C(NCCCCCBr)c1ccccc1Cl. The third-order valence-corrected chi connectivity index (χ3v) is 3.10. The first-order valence-corrected chi connectivity index (χ1v) is 6.84. The Bertz CT molecular complexity index is 344. The molecule has 0 aliphatic carbocycles. The van der Waals surface area contributed by atoms with Gasteiger partial charge in [-0.3, -0.25) is 4.79 Å². The molecule has 2 nitrogen and oxygen atoms in total. The van der Waals surface area contributed by atoms with Crippen LogP contribution in [0.1, 0.15) is 29.6 Å². The Morgan fingerprint density at radius 2 is 2.00 bits per heavy atom. The number of halogens is 2. The molecule has 0 aliphatic rings. The third kappa shape index (κ3) is 4.54. The molecule has 0 saturated heterocycles. The van der Waals surface area contributed by atoms with Crippen LogP contribution in [0.5, 0.6) is 0 Å². The maximum atomic E-state index is 11.7. The Hall–Kier alpha value is -0.540. The molecule has 0 saturated carbocycles. The van der Waals surface area contributed by atoms with E-state index >= 15 is 0 Å². The molecular weight excluding hydrogens is 289 g/mol. The molecule has 0 bridgehead atoms. The molecule has 0 unspecified atom stereocenters. The third-order valence-electron chi connectivity index (χ3n) is 2.21. The summed E-state index contributed by atoms with van der Waals surface area (Å²) in [5.74, 6) is -0.0931. The summed E-state index contributed by atoms with van der Waals surface area (Å²) in [4.78, 5) is 11.7. The summed E-state index contributed by atoms with van der Waals surface area (Å²) in [5, 5.41) is 4.38. The van der Waals surface area contributed by atoms with E-state index in [0.717, 1.165) is 24.6 Å². The largest absolute Gasteiger partial charge is 0.352 e. The second kappa shape index (κ2) is 7.69. The number of amides is 1. The highest BCUT2D eigenvalue weighted by Gasteiger charge is 2.07. The minimum absolute atomic E-state index is 0.0931. The summed E-state index contributed by atoms with van der Waals surface area (Å²) in [6, 6.07) is 7.08. The van der Waals surface area contributed by atoms with Crippen molar-refractivity contribution >= 4 is 33.4 Å². The van der Waals surface area contributed by atoms with E-state index < -0.39 is 0 Å². The van der Waals surface area contributed by atoms with E-state index in [2.05, 4.69) is 21.2 Å². The van der Waals surface area contributed by atoms with Gasteiger partial charge in [-0.05, 0) is 25.0 Å². The fourth-order valence-electron chi connectivity index (χ4n) is 1.34. The molecule has 0 spiro atoms. The quantitative estimate of drug-likeness (QED) is 0.631. The van der Waals surface area contributed by atoms with Gasteiger partial charge in [0.05, 0.1) is 10.6 Å². The van der Waals surface area contributed by atoms with Crippen LogP contribution in [0.4, 0.5) is 0 Å². The van der Waals surface area contributed by atoms with Gasteiger partial charge in [0.25, 0.3) is 5.91 Å². The number of unbranched alkanes of at least 4 members (excludes halogenated alkanes) is 2. The van der Waals surface area contributed by atoms with Gasteiger partial charge in [0, 0.05) is 11.9 Å². The molecule has 0 aliphatic heterocycles. The highest BCUT2D eigenvalue weighted by Crippen LogP contribution is 2.14. The Morgan fingerprint density at radius 1 is 1.25 bits per heavy atom. The molecule has 1 N–H and O–H groups in total. The van der Waals surface area contributed by atoms with Gasteiger partial charge in [-0.1, -0.05) is 46.1 Å². The van der Waals surface area contributed by atoms with Gasteiger partial charge in [0.1, 0.15) is 0 Å². The molecule has 0 atom stereocenters. The van der Waals surface area contributed by atoms with Crippen LogP contribution in [0.15, 0.2) is 24.3 Å². The number of hydrogen-bond donors (Lipinski definition) is 1. The van der Waals surface area contributed by atoms with E-state index in [9.17, 15) is 4.79 Å². The Morgan fingerprint density at radius 3 is 2.69 bits per heavy atom. The van der Waals surface area contributed by atoms with Gasteiger partial charge < -0.3 is 5.32 Å². The van der Waals surface area contributed by atoms with Gasteiger partial charge in [0.2, 0.25) is 0 Å². The van der Waals surface area contributed by atoms with Crippen molar-refractivity contribution in [2.75, 3.05) is 11.9 Å². The fourth-order valence-corrected chi connectivity index (χ4v) is 1.96. The number of carbonyl (C=O) groups is 1. The summed E-state index contributed by atoms with van der Waals surface area (Å²) in [5.41, 5.74) is 0.546. The van der Waals surface area contributed by atoms with E-state index in [0.29, 0.717) is 17.1 Å². The Labute approximate surface area is 110 Å². The lowest BCUT2D eigenvalue weighted by atomic mass is 10.2. The van der Waals surface area contributed by atoms with Crippen molar-refractivity contribution in [1.82, 2.24) is 5.32 Å². The molecule has 16 heavy (non-hydrogen) atoms. The average molecular weight is 305 g/mol. The molecule has 1 aromatic carbocycles. The molecule has 0 heterocycles. The molecular formula is C12H15BrClNO. The first-order valence-electron chi connectivity index (χ1n) is 5.34. The van der Waals surface area contributed by atoms with Crippen molar-refractivity contribution in [3.05, 3.63) is 34.9 Å². The smallest absolute Gasteiger partial charge is 0.252 e. The van der Waals surface area contributed by atoms with Gasteiger partial charge in [-0.15, -0.1) is 0 Å². The number of alkyl halides is 1. The van der Waals surface area contributed by atoms with Crippen LogP contribution in [0.25, 0.3) is 0 Å². The lowest BCUT2D eigenvalue weighted by Gasteiger charge is -2.05. The van der Waals surface area contributed by atoms with E-state index in [1.54, 1.807) is 12.1 Å². The summed E-state index contributed by atoms with van der Waals surface area (Å²) in [6.45, 7) is 0.705. The van der Waals surface area contributed by atoms with Crippen molar-refractivity contribution in [1.29, 1.82) is 0 Å². The van der Waals surface area contributed by atoms with E-state index in [4.69, 9.17) is 11.6 Å². The average Bonchev–Trinajstić information content (AvgIpc) is 2.29. The van der Waals surface area contributed by atoms with E-state index in [-0.39, 0.29) is 5.91 Å². The molecule has 88 valence electrons. The molecule has 1 aromatic rings. The van der Waals surface area contributed by atoms with Crippen LogP contribution >= 0.6 is 27.5 Å². The second-order valence-electron chi connectivity index (χ2n) is 3.49. The van der Waals surface area contributed by atoms with Crippen LogP contribution in [0, 0.1) is 0 Å². The van der Waals surface area contributed by atoms with Crippen molar-refractivity contribution in [2.24, 2.45) is 0 Å². The zero-order valence-corrected chi connectivity index (χ0v) is 11.4. The van der Waals surface area contributed by atoms with Crippen molar-refractivity contribution in [2.45, 2.75) is 19.3 Å². The van der Waals surface area contributed by atoms with E-state index in [1.807, 2.05) is 12.1 Å². The first kappa shape index (κ1) is 13.5. The number of benzene rings is 1. The van der Waals surface area contributed by atoms with Crippen LogP contribution < -0.4 is 5.32 Å². The Balaban J connectivity index is 2.33. The number of carbonyl (C=O) groups excluding carboxylic acids is 1. The molecule has 0 aromatic heterocycles. The van der Waals surface area contributed by atoms with Crippen LogP contribution in [0.2, 0.25) is 5.02 Å². The zero-order chi connectivity index (χ0) is 11.8. The predicted octanol–water partition coefficient (Wildman–Crippen LogP) is 3.64. The van der Waals surface area contributed by atoms with Crippen molar-refractivity contribution in [3.63, 3.8) is 0 Å². The van der Waals surface area contributed by atoms with Crippen LogP contribution in [-0.4, -0.2) is 17.8 Å². The van der Waals surface area contributed by atoms with E-state index in [1.165, 1.54) is 0 Å². The Kier molecular flexibility index (Phi) is 6.50. The number of nitrogens with one attached hydrogen (secondary N) is 1. The zero-order valence-electron chi connectivity index (χ0n) is 9.01. The lowest BCUT2D eigenvalue weighted by molar-refractivity contribution is 0.0953. The van der Waals surface area contributed by atoms with Gasteiger partial charge in [-0.25, -0.2) is 0 Å². The van der Waals surface area contributed by atoms with Gasteiger partial charge in [-0.2, -0.15) is 0 Å². The minimum atomic E-state index is -0.0931. The summed E-state index contributed by atoms with van der Waals surface area (Å²) in [7, 11) is 0. The number of hydrogen-bond acceptors (Lipinski definition) is 1. The van der Waals surface area contributed by atoms with Gasteiger partial charge in [0.15, 0.2) is 0 Å². The minimum Gasteiger partial charge on any atom is -0.352 e. The highest BCUT2D eigenvalue weighted by molar-refractivity contribution is 9.09. The topological polar surface area (TPSA) is 29.1 Å². The maximum Gasteiger partial charge on any atom is 0.252 e. The second-order valence-corrected chi connectivity index (χ2v) is 4.69. The maximum absolute atomic E-state index is 11.7. The predicted molar refractivity (Wildman–Crippen MR) is 71.4 cm³/mol. The van der Waals surface area contributed by atoms with Crippen LogP contribution in [0.3, 0.4) is 0 Å². The van der Waals surface area contributed by atoms with Crippen molar-refractivity contribution in [3.8, 4) is 0 Å². The summed E-state index contributed by atoms with van der Waals surface area (Å²) in [6.07, 6.45) is 3.26. The highest BCUT2D eigenvalue weighted by atomic mass is 79.9. The fraction of sp³-hybridized carbons (Fsp3) is 0.417. The molecule has 1 rings (SSSR count). The lowest BCUT2D eigenvalue weighted by Crippen LogP contribution is -2.24. The number of rotatable bonds is 6. The standard InChI is InChI=1S/C12H15BrClNO/c13-8-4-1-5-9-15-12(16)10-6-2-3-7-11(10)14/h2-3,6-7H,1,4-5,8-9H2,(H,15,16). The monoisotopic (exact) mass is 303 g/mol. The first-order chi connectivity index (χ1) is 7.75. The molecule has 4 heteroatoms. The normalized spacial score (nSPS) is 10.1. The summed E-state index contributed by atoms with van der Waals surface area (Å²) >= 11 is 9.29. The van der Waals surface area contributed by atoms with Crippen LogP contribution in [-0.2, 0) is 0 Å². The van der Waals surface area contributed by atoms with Gasteiger partial charge >= 0.3 is 0 Å².